The number of methoxy groups -OCH3 is 1. The molecule has 1 N–H and O–H groups in total. The van der Waals surface area contributed by atoms with E-state index in [4.69, 9.17) is 52.1 Å². The summed E-state index contributed by atoms with van der Waals surface area (Å²) in [5, 5.41) is 11.4. The van der Waals surface area contributed by atoms with Gasteiger partial charge < -0.3 is 57.2 Å². The van der Waals surface area contributed by atoms with Crippen LogP contribution in [-0.4, -0.2) is 123 Å². The molecule has 18 heteroatoms. The first-order chi connectivity index (χ1) is 26.2. The first kappa shape index (κ1) is 42.6. The van der Waals surface area contributed by atoms with E-state index in [0.29, 0.717) is 12.4 Å². The van der Waals surface area contributed by atoms with Gasteiger partial charge in [-0.1, -0.05) is 30.3 Å². The average Bonchev–Trinajstić information content (AvgIpc) is 3.13. The summed E-state index contributed by atoms with van der Waals surface area (Å²) in [5.74, 6) is -4.51. The van der Waals surface area contributed by atoms with E-state index >= 15 is 0 Å². The van der Waals surface area contributed by atoms with Gasteiger partial charge in [0.05, 0.1) is 5.56 Å². The molecule has 0 amide bonds. The number of carbonyl (C=O) groups is 6. The largest absolute Gasteiger partial charge is 0.489 e. The maximum absolute atomic E-state index is 13.1. The molecular weight excluding hydrogens is 732 g/mol. The fourth-order valence-corrected chi connectivity index (χ4v) is 5.81. The molecule has 2 aromatic carbocycles. The third-order valence-electron chi connectivity index (χ3n) is 8.11. The van der Waals surface area contributed by atoms with Crippen molar-refractivity contribution in [3.8, 4) is 5.75 Å². The number of hydrogen-bond donors (Lipinski definition) is 1. The molecule has 2 aliphatic rings. The predicted molar refractivity (Wildman–Crippen MR) is 182 cm³/mol. The van der Waals surface area contributed by atoms with Crippen LogP contribution in [0.4, 0.5) is 0 Å². The van der Waals surface area contributed by atoms with E-state index in [1.807, 2.05) is 30.3 Å². The van der Waals surface area contributed by atoms with Gasteiger partial charge in [-0.3, -0.25) is 24.0 Å². The van der Waals surface area contributed by atoms with E-state index in [9.17, 15) is 33.9 Å². The Morgan fingerprint density at radius 1 is 0.600 bits per heavy atom. The van der Waals surface area contributed by atoms with Crippen molar-refractivity contribution >= 4 is 35.8 Å². The van der Waals surface area contributed by atoms with Gasteiger partial charge in [0.1, 0.15) is 50.0 Å². The van der Waals surface area contributed by atoms with Gasteiger partial charge in [-0.25, -0.2) is 4.79 Å². The van der Waals surface area contributed by atoms with Gasteiger partial charge in [0.25, 0.3) is 0 Å². The summed E-state index contributed by atoms with van der Waals surface area (Å²) < 4.78 is 61.7. The highest BCUT2D eigenvalue weighted by atomic mass is 16.8. The van der Waals surface area contributed by atoms with E-state index in [1.54, 1.807) is 12.1 Å². The summed E-state index contributed by atoms with van der Waals surface area (Å²) in [6.07, 6.45) is -15.6. The second-order valence-corrected chi connectivity index (χ2v) is 12.4. The van der Waals surface area contributed by atoms with Crippen LogP contribution in [0.1, 0.15) is 50.5 Å². The molecule has 2 fully saturated rings. The maximum atomic E-state index is 13.1. The molecular formula is C37H44O18. The lowest BCUT2D eigenvalue weighted by Gasteiger charge is -2.48. The Morgan fingerprint density at radius 3 is 1.69 bits per heavy atom. The Hall–Kier alpha value is -5.14. The highest BCUT2D eigenvalue weighted by molar-refractivity contribution is 5.89. The number of aliphatic hydroxyl groups excluding tert-OH is 1. The third kappa shape index (κ3) is 12.2. The van der Waals surface area contributed by atoms with Crippen molar-refractivity contribution in [2.45, 2.75) is 103 Å². The number of rotatable bonds is 15. The summed E-state index contributed by atoms with van der Waals surface area (Å²) in [4.78, 5) is 74.0. The van der Waals surface area contributed by atoms with Gasteiger partial charge in [0.15, 0.2) is 37.0 Å². The maximum Gasteiger partial charge on any atom is 0.338 e. The standard InChI is InChI=1S/C37H44O18/c1-19(38)46-18-28-30(32(50-21(3)40)34(52-23(5)42)36(45-6)54-28)55-37-33(51-22(4)41)31(49-20(2)39)29(43)27(53-37)17-48-35(44)25-12-14-26(15-13-25)47-16-24-10-8-7-9-11-24/h7-15,27-34,36-37,43H,16-18H2,1-6H3/t27-,28-,29-,30-,31+,32+,33-,34-,36-,37+/m1/s1. The molecule has 0 aliphatic carbocycles. The quantitative estimate of drug-likeness (QED) is 0.200. The van der Waals surface area contributed by atoms with Gasteiger partial charge in [0.2, 0.25) is 0 Å². The van der Waals surface area contributed by atoms with E-state index in [0.717, 1.165) is 40.2 Å². The molecule has 2 aliphatic heterocycles. The van der Waals surface area contributed by atoms with Crippen LogP contribution in [0.5, 0.6) is 5.75 Å². The van der Waals surface area contributed by atoms with Gasteiger partial charge in [-0.15, -0.1) is 0 Å². The molecule has 0 unspecified atom stereocenters. The smallest absolute Gasteiger partial charge is 0.338 e. The first-order valence-corrected chi connectivity index (χ1v) is 17.1. The summed E-state index contributed by atoms with van der Waals surface area (Å²) in [6, 6.07) is 15.6. The minimum Gasteiger partial charge on any atom is -0.489 e. The van der Waals surface area contributed by atoms with Crippen molar-refractivity contribution in [1.82, 2.24) is 0 Å². The van der Waals surface area contributed by atoms with Crippen molar-refractivity contribution in [2.75, 3.05) is 20.3 Å². The molecule has 300 valence electrons. The second kappa shape index (κ2) is 20.0. The van der Waals surface area contributed by atoms with E-state index in [1.165, 1.54) is 19.2 Å². The van der Waals surface area contributed by atoms with Crippen LogP contribution in [0.25, 0.3) is 0 Å². The zero-order valence-corrected chi connectivity index (χ0v) is 31.0. The molecule has 10 atom stereocenters. The minimum absolute atomic E-state index is 0.126. The second-order valence-electron chi connectivity index (χ2n) is 12.4. The lowest BCUT2D eigenvalue weighted by molar-refractivity contribution is -0.358. The lowest BCUT2D eigenvalue weighted by Crippen LogP contribution is -2.66. The molecule has 2 saturated heterocycles. The fraction of sp³-hybridized carbons (Fsp3) is 0.514. The SMILES string of the molecule is CO[C@@H]1O[C@H](COC(C)=O)[C@@H](O[C@@H]2O[C@H](COC(=O)c3ccc(OCc4ccccc4)cc3)[C@@H](O)[C@H](OC(C)=O)[C@H]2OC(C)=O)[C@H](OC(C)=O)[C@H]1OC(C)=O. The third-order valence-corrected chi connectivity index (χ3v) is 8.11. The number of aliphatic hydroxyl groups is 1. The molecule has 18 nitrogen and oxygen atoms in total. The normalized spacial score (nSPS) is 27.5. The van der Waals surface area contributed by atoms with Gasteiger partial charge in [-0.2, -0.15) is 0 Å². The monoisotopic (exact) mass is 776 g/mol. The molecule has 0 radical (unpaired) electrons. The fourth-order valence-electron chi connectivity index (χ4n) is 5.81. The van der Waals surface area contributed by atoms with Crippen LogP contribution in [0, 0.1) is 0 Å². The predicted octanol–water partition coefficient (Wildman–Crippen LogP) is 1.55. The van der Waals surface area contributed by atoms with Gasteiger partial charge in [-0.05, 0) is 29.8 Å². The topological polar surface area (TPSA) is 224 Å². The van der Waals surface area contributed by atoms with Crippen LogP contribution in [0.3, 0.4) is 0 Å². The molecule has 55 heavy (non-hydrogen) atoms. The molecule has 0 saturated carbocycles. The van der Waals surface area contributed by atoms with Gasteiger partial charge >= 0.3 is 35.8 Å². The van der Waals surface area contributed by atoms with Crippen LogP contribution < -0.4 is 4.74 Å². The van der Waals surface area contributed by atoms with Crippen LogP contribution in [0.2, 0.25) is 0 Å². The molecule has 0 spiro atoms. The number of ether oxygens (including phenoxy) is 11. The zero-order chi connectivity index (χ0) is 40.2. The highest BCUT2D eigenvalue weighted by Crippen LogP contribution is 2.34. The van der Waals surface area contributed by atoms with Crippen molar-refractivity contribution in [3.63, 3.8) is 0 Å². The Labute approximate surface area is 316 Å². The Balaban J connectivity index is 1.61. The van der Waals surface area contributed by atoms with Crippen molar-refractivity contribution in [1.29, 1.82) is 0 Å². The lowest BCUT2D eigenvalue weighted by atomic mass is 9.96. The Morgan fingerprint density at radius 2 is 1.13 bits per heavy atom. The van der Waals surface area contributed by atoms with Crippen molar-refractivity contribution in [3.05, 3.63) is 65.7 Å². The Kier molecular flexibility index (Phi) is 15.5. The molecule has 0 bridgehead atoms. The average molecular weight is 777 g/mol. The summed E-state index contributed by atoms with van der Waals surface area (Å²) in [7, 11) is 1.22. The van der Waals surface area contributed by atoms with E-state index < -0.39 is 110 Å². The Bertz CT molecular complexity index is 1630. The molecule has 2 heterocycles. The zero-order valence-electron chi connectivity index (χ0n) is 31.0. The van der Waals surface area contributed by atoms with Crippen molar-refractivity contribution < 1.29 is 86.0 Å². The van der Waals surface area contributed by atoms with Crippen molar-refractivity contribution in [2.24, 2.45) is 0 Å². The molecule has 2 aromatic rings. The number of esters is 6. The first-order valence-electron chi connectivity index (χ1n) is 17.1. The number of benzene rings is 2. The van der Waals surface area contributed by atoms with Gasteiger partial charge in [0, 0.05) is 41.7 Å². The summed E-state index contributed by atoms with van der Waals surface area (Å²) in [6.45, 7) is 4.52. The van der Waals surface area contributed by atoms with E-state index in [-0.39, 0.29) is 5.56 Å². The number of hydrogen-bond acceptors (Lipinski definition) is 18. The summed E-state index contributed by atoms with van der Waals surface area (Å²) >= 11 is 0. The molecule has 4 rings (SSSR count). The van der Waals surface area contributed by atoms with Crippen LogP contribution >= 0.6 is 0 Å². The summed E-state index contributed by atoms with van der Waals surface area (Å²) in [5.41, 5.74) is 1.07. The molecule has 0 aromatic heterocycles. The van der Waals surface area contributed by atoms with E-state index in [2.05, 4.69) is 0 Å². The van der Waals surface area contributed by atoms with Crippen LogP contribution in [-0.2, 0) is 77.9 Å². The highest BCUT2D eigenvalue weighted by Gasteiger charge is 2.56. The minimum atomic E-state index is -1.79. The number of carbonyl (C=O) groups excluding carboxylic acids is 6. The van der Waals surface area contributed by atoms with Crippen LogP contribution in [0.15, 0.2) is 54.6 Å².